The Hall–Kier alpha value is -2.11. The standard InChI is InChI=1S/C17H14ClFN2OS/c18-15-2-1-3-16(19)14(15)11-22-13-6-4-12(5-7-13)10-21-17-20-8-9-23-17/h1-9H,10-11H2,(H,20,21). The molecule has 23 heavy (non-hydrogen) atoms. The fourth-order valence-corrected chi connectivity index (χ4v) is 2.76. The molecule has 0 fully saturated rings. The van der Waals surface area contributed by atoms with E-state index in [2.05, 4.69) is 10.3 Å². The summed E-state index contributed by atoms with van der Waals surface area (Å²) in [5, 5.41) is 6.41. The van der Waals surface area contributed by atoms with Gasteiger partial charge in [0.1, 0.15) is 18.2 Å². The molecule has 0 atom stereocenters. The average Bonchev–Trinajstić information content (AvgIpc) is 3.07. The number of benzene rings is 2. The largest absolute Gasteiger partial charge is 0.489 e. The lowest BCUT2D eigenvalue weighted by Gasteiger charge is -2.09. The van der Waals surface area contributed by atoms with E-state index in [4.69, 9.17) is 16.3 Å². The maximum Gasteiger partial charge on any atom is 0.182 e. The molecule has 0 unspecified atom stereocenters. The summed E-state index contributed by atoms with van der Waals surface area (Å²) in [6, 6.07) is 12.2. The van der Waals surface area contributed by atoms with Crippen LogP contribution in [-0.2, 0) is 13.2 Å². The fraction of sp³-hybridized carbons (Fsp3) is 0.118. The maximum atomic E-state index is 13.7. The quantitative estimate of drug-likeness (QED) is 0.670. The van der Waals surface area contributed by atoms with Crippen molar-refractivity contribution in [3.05, 3.63) is 76.0 Å². The van der Waals surface area contributed by atoms with Crippen molar-refractivity contribution in [2.24, 2.45) is 0 Å². The van der Waals surface area contributed by atoms with Gasteiger partial charge in [-0.1, -0.05) is 29.8 Å². The first-order valence-electron chi connectivity index (χ1n) is 7.00. The van der Waals surface area contributed by atoms with Crippen LogP contribution in [0.5, 0.6) is 5.75 Å². The first kappa shape index (κ1) is 15.8. The molecule has 3 aromatic rings. The Bertz CT molecular complexity index is 743. The summed E-state index contributed by atoms with van der Waals surface area (Å²) in [6.07, 6.45) is 1.76. The second-order valence-electron chi connectivity index (χ2n) is 4.82. The van der Waals surface area contributed by atoms with Crippen molar-refractivity contribution in [3.63, 3.8) is 0 Å². The third-order valence-corrected chi connectivity index (χ3v) is 4.33. The Morgan fingerprint density at radius 3 is 2.70 bits per heavy atom. The van der Waals surface area contributed by atoms with Crippen molar-refractivity contribution in [2.45, 2.75) is 13.2 Å². The van der Waals surface area contributed by atoms with Crippen molar-refractivity contribution in [3.8, 4) is 5.75 Å². The molecule has 0 aliphatic heterocycles. The number of thiazole rings is 1. The second-order valence-corrected chi connectivity index (χ2v) is 6.13. The van der Waals surface area contributed by atoms with Gasteiger partial charge in [0.05, 0.1) is 5.02 Å². The Labute approximate surface area is 142 Å². The second kappa shape index (κ2) is 7.44. The molecule has 0 amide bonds. The molecule has 0 saturated carbocycles. The molecule has 1 N–H and O–H groups in total. The monoisotopic (exact) mass is 348 g/mol. The molecule has 1 heterocycles. The van der Waals surface area contributed by atoms with Crippen LogP contribution in [0.4, 0.5) is 9.52 Å². The van der Waals surface area contributed by atoms with Crippen LogP contribution >= 0.6 is 22.9 Å². The molecule has 0 aliphatic carbocycles. The van der Waals surface area contributed by atoms with Crippen LogP contribution in [0.1, 0.15) is 11.1 Å². The molecular formula is C17H14ClFN2OS. The van der Waals surface area contributed by atoms with E-state index in [1.54, 1.807) is 29.7 Å². The number of hydrogen-bond donors (Lipinski definition) is 1. The summed E-state index contributed by atoms with van der Waals surface area (Å²) in [5.74, 6) is 0.309. The van der Waals surface area contributed by atoms with E-state index in [0.717, 1.165) is 10.7 Å². The van der Waals surface area contributed by atoms with Crippen LogP contribution in [0.2, 0.25) is 5.02 Å². The van der Waals surface area contributed by atoms with Crippen molar-refractivity contribution in [2.75, 3.05) is 5.32 Å². The molecule has 0 bridgehead atoms. The normalized spacial score (nSPS) is 10.5. The predicted molar refractivity (Wildman–Crippen MR) is 91.6 cm³/mol. The topological polar surface area (TPSA) is 34.1 Å². The summed E-state index contributed by atoms with van der Waals surface area (Å²) in [5.41, 5.74) is 1.47. The van der Waals surface area contributed by atoms with Crippen molar-refractivity contribution in [1.82, 2.24) is 4.98 Å². The fourth-order valence-electron chi connectivity index (χ4n) is 2.02. The zero-order chi connectivity index (χ0) is 16.1. The van der Waals surface area contributed by atoms with E-state index in [9.17, 15) is 4.39 Å². The van der Waals surface area contributed by atoms with Crippen molar-refractivity contribution >= 4 is 28.1 Å². The van der Waals surface area contributed by atoms with Gasteiger partial charge in [0, 0.05) is 23.7 Å². The lowest BCUT2D eigenvalue weighted by Crippen LogP contribution is -2.01. The Kier molecular flexibility index (Phi) is 5.10. The minimum Gasteiger partial charge on any atom is -0.489 e. The third-order valence-electron chi connectivity index (χ3n) is 3.24. The Balaban J connectivity index is 1.57. The highest BCUT2D eigenvalue weighted by molar-refractivity contribution is 7.13. The Morgan fingerprint density at radius 2 is 2.00 bits per heavy atom. The van der Waals surface area contributed by atoms with Gasteiger partial charge in [-0.15, -0.1) is 11.3 Å². The van der Waals surface area contributed by atoms with E-state index in [1.165, 1.54) is 6.07 Å². The van der Waals surface area contributed by atoms with Crippen LogP contribution in [0.25, 0.3) is 0 Å². The molecule has 0 radical (unpaired) electrons. The minimum absolute atomic E-state index is 0.0994. The molecule has 1 aromatic heterocycles. The third kappa shape index (κ3) is 4.21. The van der Waals surface area contributed by atoms with E-state index in [0.29, 0.717) is 22.9 Å². The zero-order valence-electron chi connectivity index (χ0n) is 12.1. The number of nitrogens with zero attached hydrogens (tertiary/aromatic N) is 1. The van der Waals surface area contributed by atoms with Crippen molar-refractivity contribution in [1.29, 1.82) is 0 Å². The lowest BCUT2D eigenvalue weighted by atomic mass is 10.2. The zero-order valence-corrected chi connectivity index (χ0v) is 13.7. The molecule has 6 heteroatoms. The molecule has 3 nitrogen and oxygen atoms in total. The highest BCUT2D eigenvalue weighted by Gasteiger charge is 2.07. The molecule has 0 saturated heterocycles. The van der Waals surface area contributed by atoms with Crippen LogP contribution < -0.4 is 10.1 Å². The van der Waals surface area contributed by atoms with Gasteiger partial charge in [0.2, 0.25) is 0 Å². The first-order valence-corrected chi connectivity index (χ1v) is 8.26. The number of aromatic nitrogens is 1. The number of anilines is 1. The van der Waals surface area contributed by atoms with E-state index in [1.807, 2.05) is 29.6 Å². The smallest absolute Gasteiger partial charge is 0.182 e. The van der Waals surface area contributed by atoms with E-state index < -0.39 is 0 Å². The number of rotatable bonds is 6. The average molecular weight is 349 g/mol. The summed E-state index contributed by atoms with van der Waals surface area (Å²) in [4.78, 5) is 4.16. The van der Waals surface area contributed by atoms with Crippen molar-refractivity contribution < 1.29 is 9.13 Å². The highest BCUT2D eigenvalue weighted by Crippen LogP contribution is 2.22. The minimum atomic E-state index is -0.359. The van der Waals surface area contributed by atoms with E-state index >= 15 is 0 Å². The molecule has 118 valence electrons. The Morgan fingerprint density at radius 1 is 1.17 bits per heavy atom. The number of ether oxygens (including phenoxy) is 1. The van der Waals surface area contributed by atoms with E-state index in [-0.39, 0.29) is 12.4 Å². The van der Waals surface area contributed by atoms with Gasteiger partial charge in [-0.25, -0.2) is 9.37 Å². The van der Waals surface area contributed by atoms with Gasteiger partial charge < -0.3 is 10.1 Å². The van der Waals surface area contributed by atoms with Gasteiger partial charge in [0.25, 0.3) is 0 Å². The van der Waals surface area contributed by atoms with Gasteiger partial charge in [-0.05, 0) is 29.8 Å². The SMILES string of the molecule is Fc1cccc(Cl)c1COc1ccc(CNc2nccs2)cc1. The number of halogens is 2. The van der Waals surface area contributed by atoms with Gasteiger partial charge in [-0.2, -0.15) is 0 Å². The number of nitrogens with one attached hydrogen (secondary N) is 1. The van der Waals surface area contributed by atoms with Crippen LogP contribution in [-0.4, -0.2) is 4.98 Å². The molecular weight excluding hydrogens is 335 g/mol. The molecule has 2 aromatic carbocycles. The maximum absolute atomic E-state index is 13.7. The van der Waals surface area contributed by atoms with Crippen LogP contribution in [0, 0.1) is 5.82 Å². The summed E-state index contributed by atoms with van der Waals surface area (Å²) < 4.78 is 19.3. The molecule has 3 rings (SSSR count). The van der Waals surface area contributed by atoms with Gasteiger partial charge >= 0.3 is 0 Å². The predicted octanol–water partition coefficient (Wildman–Crippen LogP) is 5.13. The number of hydrogen-bond acceptors (Lipinski definition) is 4. The van der Waals surface area contributed by atoms with Gasteiger partial charge in [-0.3, -0.25) is 0 Å². The lowest BCUT2D eigenvalue weighted by molar-refractivity contribution is 0.300. The first-order chi connectivity index (χ1) is 11.2. The van der Waals surface area contributed by atoms with Crippen LogP contribution in [0.15, 0.2) is 54.0 Å². The molecule has 0 spiro atoms. The molecule has 0 aliphatic rings. The summed E-state index contributed by atoms with van der Waals surface area (Å²) in [7, 11) is 0. The van der Waals surface area contributed by atoms with Crippen LogP contribution in [0.3, 0.4) is 0 Å². The van der Waals surface area contributed by atoms with Gasteiger partial charge in [0.15, 0.2) is 5.13 Å². The summed E-state index contributed by atoms with van der Waals surface area (Å²) >= 11 is 7.54. The summed E-state index contributed by atoms with van der Waals surface area (Å²) in [6.45, 7) is 0.787. The highest BCUT2D eigenvalue weighted by atomic mass is 35.5.